The molecule has 0 aliphatic rings. The van der Waals surface area contributed by atoms with Crippen molar-refractivity contribution in [3.8, 4) is 0 Å². The Morgan fingerprint density at radius 2 is 1.60 bits per heavy atom. The van der Waals surface area contributed by atoms with E-state index < -0.39 is 11.7 Å². The van der Waals surface area contributed by atoms with Crippen LogP contribution in [0.2, 0.25) is 0 Å². The Balaban J connectivity index is 1.81. The molecule has 2 N–H and O–H groups in total. The van der Waals surface area contributed by atoms with Gasteiger partial charge in [0.05, 0.1) is 12.1 Å². The highest BCUT2D eigenvalue weighted by atomic mass is 19.1. The predicted octanol–water partition coefficient (Wildman–Crippen LogP) is 3.17. The van der Waals surface area contributed by atoms with Crippen LogP contribution >= 0.6 is 0 Å². The van der Waals surface area contributed by atoms with Gasteiger partial charge in [-0.25, -0.2) is 4.39 Å². The van der Waals surface area contributed by atoms with Crippen LogP contribution in [0.5, 0.6) is 0 Å². The molecule has 0 fully saturated rings. The van der Waals surface area contributed by atoms with Crippen LogP contribution < -0.4 is 10.6 Å². The molecule has 5 heteroatoms. The molecule has 0 bridgehead atoms. The Kier molecular flexibility index (Phi) is 5.91. The van der Waals surface area contributed by atoms with Gasteiger partial charge >= 0.3 is 0 Å². The van der Waals surface area contributed by atoms with Crippen molar-refractivity contribution in [3.05, 3.63) is 71.0 Å². The molecule has 0 heterocycles. The second kappa shape index (κ2) is 7.92. The monoisotopic (exact) mass is 342 g/mol. The quantitative estimate of drug-likeness (QED) is 0.877. The first-order valence-electron chi connectivity index (χ1n) is 8.16. The second-order valence-corrected chi connectivity index (χ2v) is 6.89. The van der Waals surface area contributed by atoms with Crippen LogP contribution in [0.1, 0.15) is 42.3 Å². The van der Waals surface area contributed by atoms with Gasteiger partial charge in [-0.1, -0.05) is 57.2 Å². The summed E-state index contributed by atoms with van der Waals surface area (Å²) in [7, 11) is 0. The Hall–Kier alpha value is -2.69. The molecule has 0 spiro atoms. The van der Waals surface area contributed by atoms with Crippen LogP contribution in [-0.4, -0.2) is 18.4 Å². The first kappa shape index (κ1) is 18.6. The van der Waals surface area contributed by atoms with Crippen LogP contribution in [0.3, 0.4) is 0 Å². The standard InChI is InChI=1S/C20H23FN2O2/c1-20(2,3)15-10-8-14(9-11-15)12-22-18(24)13-23-19(25)16-6-4-5-7-17(16)21/h4-11H,12-13H2,1-3H3,(H,22,24)(H,23,25). The lowest BCUT2D eigenvalue weighted by molar-refractivity contribution is -0.120. The summed E-state index contributed by atoms with van der Waals surface area (Å²) in [5.74, 6) is -1.55. The molecule has 0 saturated heterocycles. The summed E-state index contributed by atoms with van der Waals surface area (Å²) >= 11 is 0. The molecule has 2 aromatic carbocycles. The zero-order valence-electron chi connectivity index (χ0n) is 14.7. The van der Waals surface area contributed by atoms with Gasteiger partial charge in [-0.3, -0.25) is 9.59 Å². The van der Waals surface area contributed by atoms with Gasteiger partial charge in [0.1, 0.15) is 5.82 Å². The number of amides is 2. The molecule has 2 amide bonds. The molecule has 0 saturated carbocycles. The van der Waals surface area contributed by atoms with Crippen LogP contribution in [0.15, 0.2) is 48.5 Å². The predicted molar refractivity (Wildman–Crippen MR) is 95.7 cm³/mol. The maximum Gasteiger partial charge on any atom is 0.254 e. The maximum absolute atomic E-state index is 13.5. The third-order valence-corrected chi connectivity index (χ3v) is 3.84. The molecule has 0 aliphatic heterocycles. The molecule has 2 aromatic rings. The number of hydrogen-bond donors (Lipinski definition) is 2. The van der Waals surface area contributed by atoms with Crippen molar-refractivity contribution in [1.29, 1.82) is 0 Å². The Morgan fingerprint density at radius 1 is 0.960 bits per heavy atom. The first-order chi connectivity index (χ1) is 11.8. The number of carbonyl (C=O) groups is 2. The number of halogens is 1. The lowest BCUT2D eigenvalue weighted by atomic mass is 9.87. The number of hydrogen-bond acceptors (Lipinski definition) is 2. The average Bonchev–Trinajstić information content (AvgIpc) is 2.58. The molecule has 2 rings (SSSR count). The van der Waals surface area contributed by atoms with E-state index in [-0.39, 0.29) is 23.4 Å². The van der Waals surface area contributed by atoms with Crippen molar-refractivity contribution in [2.24, 2.45) is 0 Å². The van der Waals surface area contributed by atoms with Crippen LogP contribution in [0, 0.1) is 5.82 Å². The van der Waals surface area contributed by atoms with E-state index in [9.17, 15) is 14.0 Å². The van der Waals surface area contributed by atoms with Crippen molar-refractivity contribution >= 4 is 11.8 Å². The Morgan fingerprint density at radius 3 is 2.20 bits per heavy atom. The van der Waals surface area contributed by atoms with E-state index in [0.29, 0.717) is 6.54 Å². The van der Waals surface area contributed by atoms with Gasteiger partial charge < -0.3 is 10.6 Å². The third-order valence-electron chi connectivity index (χ3n) is 3.84. The van der Waals surface area contributed by atoms with E-state index in [2.05, 4.69) is 31.4 Å². The van der Waals surface area contributed by atoms with Gasteiger partial charge in [-0.2, -0.15) is 0 Å². The molecule has 0 aromatic heterocycles. The smallest absolute Gasteiger partial charge is 0.254 e. The van der Waals surface area contributed by atoms with Gasteiger partial charge in [0, 0.05) is 6.54 Å². The lowest BCUT2D eigenvalue weighted by Gasteiger charge is -2.19. The summed E-state index contributed by atoms with van der Waals surface area (Å²) in [6, 6.07) is 13.7. The normalized spacial score (nSPS) is 11.0. The van der Waals surface area contributed by atoms with Crippen molar-refractivity contribution in [2.45, 2.75) is 32.7 Å². The molecule has 25 heavy (non-hydrogen) atoms. The Labute approximate surface area is 147 Å². The van der Waals surface area contributed by atoms with Crippen LogP contribution in [0.4, 0.5) is 4.39 Å². The molecule has 132 valence electrons. The summed E-state index contributed by atoms with van der Waals surface area (Å²) in [6.07, 6.45) is 0. The lowest BCUT2D eigenvalue weighted by Crippen LogP contribution is -2.36. The average molecular weight is 342 g/mol. The zero-order valence-corrected chi connectivity index (χ0v) is 14.7. The van der Waals surface area contributed by atoms with E-state index in [1.807, 2.05) is 24.3 Å². The van der Waals surface area contributed by atoms with E-state index >= 15 is 0 Å². The molecule has 4 nitrogen and oxygen atoms in total. The van der Waals surface area contributed by atoms with Crippen molar-refractivity contribution in [1.82, 2.24) is 10.6 Å². The topological polar surface area (TPSA) is 58.2 Å². The first-order valence-corrected chi connectivity index (χ1v) is 8.16. The third kappa shape index (κ3) is 5.41. The minimum absolute atomic E-state index is 0.0759. The molecule has 0 unspecified atom stereocenters. The molecular weight excluding hydrogens is 319 g/mol. The fourth-order valence-electron chi connectivity index (χ4n) is 2.29. The van der Waals surface area contributed by atoms with Gasteiger partial charge in [0.2, 0.25) is 5.91 Å². The number of nitrogens with one attached hydrogen (secondary N) is 2. The summed E-state index contributed by atoms with van der Waals surface area (Å²) in [6.45, 7) is 6.60. The van der Waals surface area contributed by atoms with E-state index in [1.165, 1.54) is 23.8 Å². The fraction of sp³-hybridized carbons (Fsp3) is 0.300. The summed E-state index contributed by atoms with van der Waals surface area (Å²) in [4.78, 5) is 23.7. The largest absolute Gasteiger partial charge is 0.350 e. The zero-order chi connectivity index (χ0) is 18.4. The van der Waals surface area contributed by atoms with E-state index in [4.69, 9.17) is 0 Å². The SMILES string of the molecule is CC(C)(C)c1ccc(CNC(=O)CNC(=O)c2ccccc2F)cc1. The highest BCUT2D eigenvalue weighted by molar-refractivity contribution is 5.96. The highest BCUT2D eigenvalue weighted by Crippen LogP contribution is 2.22. The number of carbonyl (C=O) groups excluding carboxylic acids is 2. The van der Waals surface area contributed by atoms with E-state index in [0.717, 1.165) is 5.56 Å². The van der Waals surface area contributed by atoms with Gasteiger partial charge in [0.15, 0.2) is 0 Å². The molecule has 0 aliphatic carbocycles. The van der Waals surface area contributed by atoms with Crippen molar-refractivity contribution in [3.63, 3.8) is 0 Å². The van der Waals surface area contributed by atoms with Crippen molar-refractivity contribution < 1.29 is 14.0 Å². The highest BCUT2D eigenvalue weighted by Gasteiger charge is 2.13. The summed E-state index contributed by atoms with van der Waals surface area (Å²) in [5, 5.41) is 5.15. The Bertz CT molecular complexity index is 749. The van der Waals surface area contributed by atoms with Gasteiger partial charge in [0.25, 0.3) is 5.91 Å². The fourth-order valence-corrected chi connectivity index (χ4v) is 2.29. The summed E-state index contributed by atoms with van der Waals surface area (Å²) in [5.41, 5.74) is 2.20. The van der Waals surface area contributed by atoms with E-state index in [1.54, 1.807) is 6.07 Å². The minimum Gasteiger partial charge on any atom is -0.350 e. The summed E-state index contributed by atoms with van der Waals surface area (Å²) < 4.78 is 13.5. The molecule has 0 atom stereocenters. The van der Waals surface area contributed by atoms with Gasteiger partial charge in [-0.05, 0) is 28.7 Å². The number of rotatable bonds is 5. The maximum atomic E-state index is 13.5. The van der Waals surface area contributed by atoms with Crippen LogP contribution in [0.25, 0.3) is 0 Å². The van der Waals surface area contributed by atoms with Gasteiger partial charge in [-0.15, -0.1) is 0 Å². The van der Waals surface area contributed by atoms with Crippen LogP contribution in [-0.2, 0) is 16.8 Å². The number of benzene rings is 2. The van der Waals surface area contributed by atoms with Crippen molar-refractivity contribution in [2.75, 3.05) is 6.54 Å². The minimum atomic E-state index is -0.612. The molecular formula is C20H23FN2O2. The second-order valence-electron chi connectivity index (χ2n) is 6.89. The molecule has 0 radical (unpaired) electrons.